The summed E-state index contributed by atoms with van der Waals surface area (Å²) in [6, 6.07) is 5.02. The Morgan fingerprint density at radius 2 is 1.88 bits per heavy atom. The van der Waals surface area contributed by atoms with Crippen molar-refractivity contribution in [1.82, 2.24) is 9.21 Å². The minimum absolute atomic E-state index is 0.107. The maximum absolute atomic E-state index is 12.3. The first-order chi connectivity index (χ1) is 11.1. The van der Waals surface area contributed by atoms with Crippen molar-refractivity contribution in [1.29, 1.82) is 0 Å². The third-order valence-corrected chi connectivity index (χ3v) is 6.11. The van der Waals surface area contributed by atoms with E-state index in [0.717, 1.165) is 5.56 Å². The summed E-state index contributed by atoms with van der Waals surface area (Å²) in [5, 5.41) is 3.77. The second-order valence-electron chi connectivity index (χ2n) is 6.36. The van der Waals surface area contributed by atoms with Crippen LogP contribution < -0.4 is 5.32 Å². The molecule has 0 aromatic heterocycles. The molecule has 0 saturated carbocycles. The summed E-state index contributed by atoms with van der Waals surface area (Å²) in [5.41, 5.74) is 1.64. The van der Waals surface area contributed by atoms with Crippen LogP contribution in [0.3, 0.4) is 0 Å². The van der Waals surface area contributed by atoms with Gasteiger partial charge in [0, 0.05) is 32.9 Å². The Kier molecular flexibility index (Phi) is 5.85. The zero-order valence-corrected chi connectivity index (χ0v) is 16.4. The highest BCUT2D eigenvalue weighted by Gasteiger charge is 2.24. The number of sulfonamides is 1. The molecule has 0 radical (unpaired) electrons. The van der Waals surface area contributed by atoms with Gasteiger partial charge in [-0.05, 0) is 50.7 Å². The first kappa shape index (κ1) is 19.1. The number of anilines is 1. The van der Waals surface area contributed by atoms with Crippen LogP contribution in [0.25, 0.3) is 0 Å². The molecule has 1 aliphatic heterocycles. The molecule has 1 heterocycles. The minimum Gasteiger partial charge on any atom is -0.372 e. The van der Waals surface area contributed by atoms with Gasteiger partial charge in [-0.1, -0.05) is 6.07 Å². The van der Waals surface area contributed by atoms with Gasteiger partial charge in [0.15, 0.2) is 5.11 Å². The van der Waals surface area contributed by atoms with Crippen molar-refractivity contribution in [2.24, 2.45) is 0 Å². The largest absolute Gasteiger partial charge is 0.372 e. The molecule has 1 N–H and O–H groups in total. The maximum Gasteiger partial charge on any atom is 0.242 e. The molecule has 0 aliphatic carbocycles. The summed E-state index contributed by atoms with van der Waals surface area (Å²) in [5.74, 6) is 0. The number of benzene rings is 1. The van der Waals surface area contributed by atoms with Gasteiger partial charge in [0.1, 0.15) is 0 Å². The molecule has 0 bridgehead atoms. The second-order valence-corrected chi connectivity index (χ2v) is 8.90. The van der Waals surface area contributed by atoms with Gasteiger partial charge < -0.3 is 15.0 Å². The number of nitrogens with zero attached hydrogens (tertiary/aromatic N) is 2. The third kappa shape index (κ3) is 4.24. The highest BCUT2D eigenvalue weighted by Crippen LogP contribution is 2.23. The first-order valence-electron chi connectivity index (χ1n) is 7.86. The Morgan fingerprint density at radius 3 is 2.42 bits per heavy atom. The van der Waals surface area contributed by atoms with Crippen molar-refractivity contribution in [2.45, 2.75) is 37.9 Å². The molecule has 8 heteroatoms. The second kappa shape index (κ2) is 7.35. The fourth-order valence-corrected chi connectivity index (χ4v) is 3.83. The van der Waals surface area contributed by atoms with E-state index in [1.165, 1.54) is 18.4 Å². The first-order valence-corrected chi connectivity index (χ1v) is 9.70. The lowest BCUT2D eigenvalue weighted by Crippen LogP contribution is -2.49. The molecular weight excluding hydrogens is 346 g/mol. The Hall–Kier alpha value is -1.22. The number of aryl methyl sites for hydroxylation is 1. The van der Waals surface area contributed by atoms with Crippen molar-refractivity contribution < 1.29 is 13.2 Å². The summed E-state index contributed by atoms with van der Waals surface area (Å²) in [7, 11) is -0.443. The molecule has 1 fully saturated rings. The SMILES string of the molecule is Cc1ccc(S(=O)(=O)N(C)C)cc1NC(=S)N1C[C@@H](C)O[C@@H](C)C1. The van der Waals surface area contributed by atoms with Crippen molar-refractivity contribution in [2.75, 3.05) is 32.5 Å². The number of ether oxygens (including phenoxy) is 1. The fourth-order valence-electron chi connectivity index (χ4n) is 2.65. The van der Waals surface area contributed by atoms with Crippen molar-refractivity contribution in [3.8, 4) is 0 Å². The molecule has 1 saturated heterocycles. The predicted molar refractivity (Wildman–Crippen MR) is 99.9 cm³/mol. The lowest BCUT2D eigenvalue weighted by atomic mass is 10.2. The van der Waals surface area contributed by atoms with Gasteiger partial charge in [0.05, 0.1) is 17.1 Å². The number of morpholine rings is 1. The molecule has 0 unspecified atom stereocenters. The van der Waals surface area contributed by atoms with Gasteiger partial charge in [-0.3, -0.25) is 0 Å². The highest BCUT2D eigenvalue weighted by molar-refractivity contribution is 7.89. The summed E-state index contributed by atoms with van der Waals surface area (Å²) in [6.07, 6.45) is 0.213. The molecule has 0 amide bonds. The van der Waals surface area contributed by atoms with Gasteiger partial charge in [0.25, 0.3) is 0 Å². The smallest absolute Gasteiger partial charge is 0.242 e. The van der Waals surface area contributed by atoms with Gasteiger partial charge in [-0.15, -0.1) is 0 Å². The lowest BCUT2D eigenvalue weighted by Gasteiger charge is -2.37. The molecule has 24 heavy (non-hydrogen) atoms. The van der Waals surface area contributed by atoms with E-state index in [2.05, 4.69) is 10.2 Å². The summed E-state index contributed by atoms with van der Waals surface area (Å²) >= 11 is 5.51. The average molecular weight is 372 g/mol. The van der Waals surface area contributed by atoms with E-state index >= 15 is 0 Å². The number of nitrogens with one attached hydrogen (secondary N) is 1. The van der Waals surface area contributed by atoms with Gasteiger partial charge in [-0.25, -0.2) is 12.7 Å². The van der Waals surface area contributed by atoms with Crippen LogP contribution in [-0.2, 0) is 14.8 Å². The zero-order valence-electron chi connectivity index (χ0n) is 14.7. The van der Waals surface area contributed by atoms with Crippen molar-refractivity contribution in [3.63, 3.8) is 0 Å². The molecule has 1 aromatic carbocycles. The van der Waals surface area contributed by atoms with Crippen LogP contribution >= 0.6 is 12.2 Å². The zero-order chi connectivity index (χ0) is 18.1. The van der Waals surface area contributed by atoms with Gasteiger partial charge in [0.2, 0.25) is 10.0 Å². The normalized spacial score (nSPS) is 21.8. The Bertz CT molecular complexity index is 709. The Morgan fingerprint density at radius 1 is 1.29 bits per heavy atom. The van der Waals surface area contributed by atoms with E-state index in [-0.39, 0.29) is 17.1 Å². The summed E-state index contributed by atoms with van der Waals surface area (Å²) in [4.78, 5) is 2.30. The maximum atomic E-state index is 12.3. The summed E-state index contributed by atoms with van der Waals surface area (Å²) < 4.78 is 31.5. The average Bonchev–Trinajstić information content (AvgIpc) is 2.48. The number of thiocarbonyl (C=S) groups is 1. The number of hydrogen-bond donors (Lipinski definition) is 1. The van der Waals surface area contributed by atoms with E-state index in [1.807, 2.05) is 20.8 Å². The molecule has 2 rings (SSSR count). The quantitative estimate of drug-likeness (QED) is 0.821. The van der Waals surface area contributed by atoms with Crippen LogP contribution in [0.5, 0.6) is 0 Å². The van der Waals surface area contributed by atoms with Crippen LogP contribution in [0, 0.1) is 6.92 Å². The molecular formula is C16H25N3O3S2. The van der Waals surface area contributed by atoms with Crippen LogP contribution in [0.1, 0.15) is 19.4 Å². The fraction of sp³-hybridized carbons (Fsp3) is 0.562. The number of rotatable bonds is 3. The Balaban J connectivity index is 2.22. The van der Waals surface area contributed by atoms with Crippen LogP contribution in [0.2, 0.25) is 0 Å². The monoisotopic (exact) mass is 371 g/mol. The van der Waals surface area contributed by atoms with E-state index in [9.17, 15) is 8.42 Å². The molecule has 1 aliphatic rings. The molecule has 6 nitrogen and oxygen atoms in total. The topological polar surface area (TPSA) is 61.9 Å². The van der Waals surface area contributed by atoms with Crippen LogP contribution in [0.4, 0.5) is 5.69 Å². The number of hydrogen-bond acceptors (Lipinski definition) is 4. The van der Waals surface area contributed by atoms with Gasteiger partial charge in [-0.2, -0.15) is 0 Å². The molecule has 1 aromatic rings. The van der Waals surface area contributed by atoms with E-state index in [1.54, 1.807) is 18.2 Å². The highest BCUT2D eigenvalue weighted by atomic mass is 32.2. The minimum atomic E-state index is -3.48. The van der Waals surface area contributed by atoms with Crippen molar-refractivity contribution >= 4 is 33.0 Å². The lowest BCUT2D eigenvalue weighted by molar-refractivity contribution is -0.0473. The predicted octanol–water partition coefficient (Wildman–Crippen LogP) is 2.05. The van der Waals surface area contributed by atoms with Gasteiger partial charge >= 0.3 is 0 Å². The molecule has 0 spiro atoms. The standard InChI is InChI=1S/C16H25N3O3S2/c1-11-6-7-14(24(20,21)18(4)5)8-15(11)17-16(23)19-9-12(2)22-13(3)10-19/h6-8,12-13H,9-10H2,1-5H3,(H,17,23)/t12-,13+. The van der Waals surface area contributed by atoms with Crippen molar-refractivity contribution in [3.05, 3.63) is 23.8 Å². The van der Waals surface area contributed by atoms with Crippen LogP contribution in [0.15, 0.2) is 23.1 Å². The third-order valence-electron chi connectivity index (χ3n) is 3.94. The molecule has 2 atom stereocenters. The summed E-state index contributed by atoms with van der Waals surface area (Å²) in [6.45, 7) is 7.37. The Labute approximate surface area is 149 Å². The molecule has 134 valence electrons. The van der Waals surface area contributed by atoms with E-state index in [0.29, 0.717) is 23.9 Å². The van der Waals surface area contributed by atoms with Crippen LogP contribution in [-0.4, -0.2) is 62.1 Å². The van der Waals surface area contributed by atoms with E-state index < -0.39 is 10.0 Å². The van der Waals surface area contributed by atoms with E-state index in [4.69, 9.17) is 17.0 Å².